The van der Waals surface area contributed by atoms with Crippen molar-refractivity contribution >= 4 is 23.2 Å². The van der Waals surface area contributed by atoms with Crippen molar-refractivity contribution in [1.82, 2.24) is 0 Å². The van der Waals surface area contributed by atoms with E-state index in [9.17, 15) is 13.2 Å². The van der Waals surface area contributed by atoms with Crippen molar-refractivity contribution in [2.75, 3.05) is 0 Å². The van der Waals surface area contributed by atoms with E-state index in [0.29, 0.717) is 5.71 Å². The summed E-state index contributed by atoms with van der Waals surface area (Å²) in [5.41, 5.74) is 0.691. The van der Waals surface area contributed by atoms with Crippen LogP contribution < -0.4 is 0 Å². The molecule has 3 aromatic carbocycles. The van der Waals surface area contributed by atoms with Crippen LogP contribution >= 0.6 is 11.8 Å². The monoisotopic (exact) mass is 369 g/mol. The van der Waals surface area contributed by atoms with Crippen LogP contribution in [0.3, 0.4) is 0 Å². The third-order valence-corrected chi connectivity index (χ3v) is 4.30. The molecule has 0 heterocycles. The minimum atomic E-state index is -0.485. The maximum atomic E-state index is 14.2. The Balaban J connectivity index is 1.93. The van der Waals surface area contributed by atoms with E-state index in [1.807, 2.05) is 0 Å². The lowest BCUT2D eigenvalue weighted by Crippen LogP contribution is -2.00. The van der Waals surface area contributed by atoms with Gasteiger partial charge in [-0.25, -0.2) is 18.2 Å². The van der Waals surface area contributed by atoms with Crippen LogP contribution in [0.15, 0.2) is 94.2 Å². The first-order valence-electron chi connectivity index (χ1n) is 7.80. The van der Waals surface area contributed by atoms with Gasteiger partial charge in [0.1, 0.15) is 17.5 Å². The van der Waals surface area contributed by atoms with Crippen molar-refractivity contribution in [3.8, 4) is 0 Å². The minimum Gasteiger partial charge on any atom is -0.245 e. The summed E-state index contributed by atoms with van der Waals surface area (Å²) in [6.45, 7) is 0. The summed E-state index contributed by atoms with van der Waals surface area (Å²) in [5.74, 6) is -1.24. The van der Waals surface area contributed by atoms with Crippen LogP contribution in [0.1, 0.15) is 5.56 Å². The van der Waals surface area contributed by atoms with Gasteiger partial charge in [-0.1, -0.05) is 36.0 Å². The number of benzene rings is 3. The van der Waals surface area contributed by atoms with Crippen molar-refractivity contribution < 1.29 is 13.2 Å². The molecule has 5 heteroatoms. The van der Waals surface area contributed by atoms with E-state index in [1.165, 1.54) is 42.1 Å². The van der Waals surface area contributed by atoms with Crippen LogP contribution in [0.5, 0.6) is 0 Å². The average Bonchev–Trinajstić information content (AvgIpc) is 2.65. The fourth-order valence-corrected chi connectivity index (χ4v) is 2.87. The molecule has 0 aromatic heterocycles. The second-order valence-corrected chi connectivity index (χ2v) is 6.28. The molecule has 26 heavy (non-hydrogen) atoms. The van der Waals surface area contributed by atoms with Gasteiger partial charge in [-0.2, -0.15) is 0 Å². The van der Waals surface area contributed by atoms with Gasteiger partial charge in [0.15, 0.2) is 0 Å². The summed E-state index contributed by atoms with van der Waals surface area (Å²) in [6, 6.07) is 18.2. The molecule has 0 aliphatic heterocycles. The normalized spacial score (nSPS) is 11.9. The van der Waals surface area contributed by atoms with Crippen LogP contribution in [0.2, 0.25) is 0 Å². The van der Waals surface area contributed by atoms with Gasteiger partial charge in [0, 0.05) is 10.5 Å². The second-order valence-electron chi connectivity index (χ2n) is 5.30. The van der Waals surface area contributed by atoms with Crippen molar-refractivity contribution in [3.63, 3.8) is 0 Å². The maximum Gasteiger partial charge on any atom is 0.148 e. The highest BCUT2D eigenvalue weighted by atomic mass is 32.2. The SMILES string of the molecule is Fc1ccc(S/C=C/C(=N/c2ccccc2F)c2ccccc2F)cc1. The summed E-state index contributed by atoms with van der Waals surface area (Å²) >= 11 is 1.33. The molecule has 130 valence electrons. The van der Waals surface area contributed by atoms with E-state index in [0.717, 1.165) is 4.90 Å². The van der Waals surface area contributed by atoms with Crippen molar-refractivity contribution in [2.45, 2.75) is 4.90 Å². The number of hydrogen-bond acceptors (Lipinski definition) is 2. The number of halogens is 3. The van der Waals surface area contributed by atoms with E-state index >= 15 is 0 Å². The molecule has 0 atom stereocenters. The van der Waals surface area contributed by atoms with Crippen LogP contribution in [0, 0.1) is 17.5 Å². The summed E-state index contributed by atoms with van der Waals surface area (Å²) in [7, 11) is 0. The highest BCUT2D eigenvalue weighted by molar-refractivity contribution is 8.02. The first kappa shape index (κ1) is 18.0. The Labute approximate surface area is 153 Å². The lowest BCUT2D eigenvalue weighted by Gasteiger charge is -2.05. The first-order valence-corrected chi connectivity index (χ1v) is 8.68. The van der Waals surface area contributed by atoms with Gasteiger partial charge in [-0.05, 0) is 60.0 Å². The molecule has 0 bridgehead atoms. The van der Waals surface area contributed by atoms with Gasteiger partial charge >= 0.3 is 0 Å². The lowest BCUT2D eigenvalue weighted by molar-refractivity contribution is 0.624. The van der Waals surface area contributed by atoms with Gasteiger partial charge in [-0.15, -0.1) is 0 Å². The molecule has 0 N–H and O–H groups in total. The molecule has 3 aromatic rings. The van der Waals surface area contributed by atoms with E-state index < -0.39 is 11.6 Å². The zero-order valence-electron chi connectivity index (χ0n) is 13.6. The Morgan fingerprint density at radius 3 is 2.12 bits per heavy atom. The summed E-state index contributed by atoms with van der Waals surface area (Å²) in [4.78, 5) is 5.10. The largest absolute Gasteiger partial charge is 0.245 e. The minimum absolute atomic E-state index is 0.127. The molecular formula is C21H14F3NS. The summed E-state index contributed by atoms with van der Waals surface area (Å²) in [5, 5.41) is 1.71. The fraction of sp³-hybridized carbons (Fsp3) is 0. The molecule has 0 aliphatic carbocycles. The second kappa shape index (κ2) is 8.54. The molecule has 0 amide bonds. The Morgan fingerprint density at radius 1 is 0.769 bits per heavy atom. The number of rotatable bonds is 5. The third-order valence-electron chi connectivity index (χ3n) is 3.49. The molecule has 0 unspecified atom stereocenters. The van der Waals surface area contributed by atoms with Crippen molar-refractivity contribution in [2.24, 2.45) is 4.99 Å². The molecule has 0 saturated carbocycles. The Bertz CT molecular complexity index is 949. The Kier molecular flexibility index (Phi) is 5.92. The third kappa shape index (κ3) is 4.64. The lowest BCUT2D eigenvalue weighted by atomic mass is 10.1. The number of hydrogen-bond donors (Lipinski definition) is 0. The zero-order chi connectivity index (χ0) is 18.4. The molecule has 0 saturated heterocycles. The van der Waals surface area contributed by atoms with Gasteiger partial charge in [-0.3, -0.25) is 0 Å². The fourth-order valence-electron chi connectivity index (χ4n) is 2.22. The van der Waals surface area contributed by atoms with Gasteiger partial charge in [0.2, 0.25) is 0 Å². The quantitative estimate of drug-likeness (QED) is 0.368. The molecule has 3 rings (SSSR count). The molecule has 1 nitrogen and oxygen atoms in total. The number of nitrogens with zero attached hydrogens (tertiary/aromatic N) is 1. The molecule has 0 fully saturated rings. The number of para-hydroxylation sites is 1. The van der Waals surface area contributed by atoms with Gasteiger partial charge < -0.3 is 0 Å². The van der Waals surface area contributed by atoms with E-state index in [1.54, 1.807) is 53.9 Å². The number of allylic oxidation sites excluding steroid dienone is 1. The van der Waals surface area contributed by atoms with Crippen LogP contribution in [-0.4, -0.2) is 5.71 Å². The van der Waals surface area contributed by atoms with E-state index in [4.69, 9.17) is 0 Å². The Morgan fingerprint density at radius 2 is 1.42 bits per heavy atom. The summed E-state index contributed by atoms with van der Waals surface area (Å²) < 4.78 is 41.1. The Hall–Kier alpha value is -2.79. The van der Waals surface area contributed by atoms with Crippen LogP contribution in [0.4, 0.5) is 18.9 Å². The molecule has 0 spiro atoms. The molecular weight excluding hydrogens is 355 g/mol. The van der Waals surface area contributed by atoms with Gasteiger partial charge in [0.25, 0.3) is 0 Å². The first-order chi connectivity index (χ1) is 12.6. The number of aliphatic imine (C=N–C) groups is 1. The smallest absolute Gasteiger partial charge is 0.148 e. The van der Waals surface area contributed by atoms with Crippen LogP contribution in [0.25, 0.3) is 0 Å². The molecule has 0 radical (unpaired) electrons. The van der Waals surface area contributed by atoms with Crippen LogP contribution in [-0.2, 0) is 0 Å². The standard InChI is InChI=1S/C21H14F3NS/c22-15-9-11-16(12-10-15)26-14-13-20(17-5-1-2-6-18(17)23)25-21-8-4-3-7-19(21)24/h1-14H/b14-13+,25-20-. The van der Waals surface area contributed by atoms with E-state index in [2.05, 4.69) is 4.99 Å². The highest BCUT2D eigenvalue weighted by Gasteiger charge is 2.08. The van der Waals surface area contributed by atoms with Gasteiger partial charge in [0.05, 0.1) is 11.4 Å². The average molecular weight is 369 g/mol. The van der Waals surface area contributed by atoms with Crippen molar-refractivity contribution in [3.05, 3.63) is 107 Å². The van der Waals surface area contributed by atoms with E-state index in [-0.39, 0.29) is 17.1 Å². The highest BCUT2D eigenvalue weighted by Crippen LogP contribution is 2.22. The predicted octanol–water partition coefficient (Wildman–Crippen LogP) is 6.53. The predicted molar refractivity (Wildman–Crippen MR) is 100 cm³/mol. The molecule has 0 aliphatic rings. The summed E-state index contributed by atoms with van der Waals surface area (Å²) in [6.07, 6.45) is 1.61. The van der Waals surface area contributed by atoms with Crippen molar-refractivity contribution in [1.29, 1.82) is 0 Å². The zero-order valence-corrected chi connectivity index (χ0v) is 14.4. The maximum absolute atomic E-state index is 14.2. The topological polar surface area (TPSA) is 12.4 Å². The number of thioether (sulfide) groups is 1.